The molecule has 0 saturated heterocycles. The zero-order valence-corrected chi connectivity index (χ0v) is 16.7. The Morgan fingerprint density at radius 3 is 1.42 bits per heavy atom. The van der Waals surface area contributed by atoms with E-state index >= 15 is 0 Å². The lowest BCUT2D eigenvalue weighted by atomic mass is 10.0. The van der Waals surface area contributed by atoms with Crippen LogP contribution in [0.4, 0.5) is 0 Å². The fourth-order valence-corrected chi connectivity index (χ4v) is 3.14. The minimum atomic E-state index is 0.783. The van der Waals surface area contributed by atoms with E-state index in [9.17, 15) is 0 Å². The molecule has 0 aliphatic heterocycles. The van der Waals surface area contributed by atoms with Gasteiger partial charge in [0.15, 0.2) is 0 Å². The van der Waals surface area contributed by atoms with Crippen molar-refractivity contribution in [3.63, 3.8) is 0 Å². The number of nitrogens with zero attached hydrogens (tertiary/aromatic N) is 1. The molecule has 2 N–H and O–H groups in total. The predicted octanol–water partition coefficient (Wildman–Crippen LogP) is 7.06. The van der Waals surface area contributed by atoms with E-state index in [-0.39, 0.29) is 0 Å². The summed E-state index contributed by atoms with van der Waals surface area (Å²) in [6, 6.07) is 0. The number of nitrogens with two attached hydrogens (primary N) is 1. The quantitative estimate of drug-likeness (QED) is 0.187. The summed E-state index contributed by atoms with van der Waals surface area (Å²) < 4.78 is 0. The maximum atomic E-state index is 5.45. The zero-order chi connectivity index (χ0) is 17.6. The Labute approximate surface area is 153 Å². The van der Waals surface area contributed by atoms with Crippen molar-refractivity contribution >= 4 is 6.21 Å². The smallest absolute Gasteiger partial charge is 0.0385 e. The summed E-state index contributed by atoms with van der Waals surface area (Å²) in [5.41, 5.74) is 5.45. The summed E-state index contributed by atoms with van der Waals surface area (Å²) in [5, 5.41) is 0. The van der Waals surface area contributed by atoms with Gasteiger partial charge in [0.25, 0.3) is 0 Å². The van der Waals surface area contributed by atoms with Gasteiger partial charge in [-0.3, -0.25) is 4.99 Å². The fourth-order valence-electron chi connectivity index (χ4n) is 3.14. The van der Waals surface area contributed by atoms with Crippen molar-refractivity contribution in [2.24, 2.45) is 10.7 Å². The third-order valence-electron chi connectivity index (χ3n) is 4.81. The minimum absolute atomic E-state index is 0.783. The van der Waals surface area contributed by atoms with Crippen LogP contribution in [0.1, 0.15) is 122 Å². The van der Waals surface area contributed by atoms with Crippen LogP contribution in [0.25, 0.3) is 0 Å². The van der Waals surface area contributed by atoms with Crippen molar-refractivity contribution < 1.29 is 0 Å². The second-order valence-electron chi connectivity index (χ2n) is 7.32. The van der Waals surface area contributed by atoms with Crippen LogP contribution in [0, 0.1) is 0 Å². The molecule has 0 saturated carbocycles. The summed E-state index contributed by atoms with van der Waals surface area (Å²) in [4.78, 5) is 4.43. The van der Waals surface area contributed by atoms with Gasteiger partial charge in [0, 0.05) is 6.54 Å². The lowest BCUT2D eigenvalue weighted by Crippen LogP contribution is -1.98. The third kappa shape index (κ3) is 21.6. The van der Waals surface area contributed by atoms with Crippen LogP contribution in [0.3, 0.4) is 0 Å². The van der Waals surface area contributed by atoms with E-state index in [0.29, 0.717) is 0 Å². The predicted molar refractivity (Wildman–Crippen MR) is 111 cm³/mol. The van der Waals surface area contributed by atoms with Crippen molar-refractivity contribution in [1.82, 2.24) is 0 Å². The summed E-state index contributed by atoms with van der Waals surface area (Å²) >= 11 is 0. The van der Waals surface area contributed by atoms with E-state index in [4.69, 9.17) is 5.73 Å². The van der Waals surface area contributed by atoms with Gasteiger partial charge in [-0.05, 0) is 32.0 Å². The summed E-state index contributed by atoms with van der Waals surface area (Å²) in [6.45, 7) is 4.09. The number of aliphatic imine (C=N–C) groups is 1. The molecule has 0 aliphatic rings. The first kappa shape index (κ1) is 23.6. The molecule has 0 aliphatic carbocycles. The molecule has 0 spiro atoms. The van der Waals surface area contributed by atoms with E-state index < -0.39 is 0 Å². The maximum Gasteiger partial charge on any atom is 0.0385 e. The number of hydrogen-bond donors (Lipinski definition) is 1. The van der Waals surface area contributed by atoms with Crippen LogP contribution in [0.15, 0.2) is 4.99 Å². The highest BCUT2D eigenvalue weighted by Gasteiger charge is 1.94. The van der Waals surface area contributed by atoms with Crippen LogP contribution in [-0.2, 0) is 0 Å². The fraction of sp³-hybridized carbons (Fsp3) is 0.955. The molecule has 24 heavy (non-hydrogen) atoms. The van der Waals surface area contributed by atoms with Crippen molar-refractivity contribution in [2.75, 3.05) is 13.1 Å². The van der Waals surface area contributed by atoms with Gasteiger partial charge in [0.2, 0.25) is 0 Å². The van der Waals surface area contributed by atoms with E-state index in [0.717, 1.165) is 25.9 Å². The SMILES string of the molecule is CCCCCCCCCCCCCCCCCCN=CCCCN. The number of hydrogen-bond acceptors (Lipinski definition) is 2. The van der Waals surface area contributed by atoms with E-state index in [1.165, 1.54) is 103 Å². The van der Waals surface area contributed by atoms with Gasteiger partial charge in [0.05, 0.1) is 0 Å². The summed E-state index contributed by atoms with van der Waals surface area (Å²) in [5.74, 6) is 0. The van der Waals surface area contributed by atoms with E-state index in [1.54, 1.807) is 0 Å². The van der Waals surface area contributed by atoms with Crippen molar-refractivity contribution in [2.45, 2.75) is 122 Å². The second kappa shape index (κ2) is 22.6. The van der Waals surface area contributed by atoms with E-state index in [2.05, 4.69) is 18.1 Å². The maximum absolute atomic E-state index is 5.45. The minimum Gasteiger partial charge on any atom is -0.330 e. The average Bonchev–Trinajstić information content (AvgIpc) is 2.60. The standard InChI is InChI=1S/C22H46N2/c1-2-3-4-5-6-7-8-9-10-11-12-13-14-15-16-18-21-24-22-19-17-20-23/h22H,2-21,23H2,1H3. The molecule has 0 aromatic carbocycles. The first-order chi connectivity index (χ1) is 11.9. The number of unbranched alkanes of at least 4 members (excludes halogenated alkanes) is 16. The van der Waals surface area contributed by atoms with Crippen LogP contribution >= 0.6 is 0 Å². The molecule has 0 bridgehead atoms. The Morgan fingerprint density at radius 2 is 1.00 bits per heavy atom. The monoisotopic (exact) mass is 338 g/mol. The molecule has 0 amide bonds. The normalized spacial score (nSPS) is 11.6. The highest BCUT2D eigenvalue weighted by molar-refractivity contribution is 5.56. The lowest BCUT2D eigenvalue weighted by molar-refractivity contribution is 0.530. The highest BCUT2D eigenvalue weighted by atomic mass is 14.7. The zero-order valence-electron chi connectivity index (χ0n) is 16.7. The molecular weight excluding hydrogens is 292 g/mol. The Bertz CT molecular complexity index is 238. The summed E-state index contributed by atoms with van der Waals surface area (Å²) in [6.07, 6.45) is 27.0. The largest absolute Gasteiger partial charge is 0.330 e. The first-order valence-corrected chi connectivity index (χ1v) is 11.1. The van der Waals surface area contributed by atoms with Crippen molar-refractivity contribution in [1.29, 1.82) is 0 Å². The van der Waals surface area contributed by atoms with Crippen LogP contribution < -0.4 is 5.73 Å². The Kier molecular flexibility index (Phi) is 22.3. The molecule has 0 radical (unpaired) electrons. The molecule has 0 aromatic heterocycles. The van der Waals surface area contributed by atoms with Gasteiger partial charge in [-0.1, -0.05) is 103 Å². The topological polar surface area (TPSA) is 38.4 Å². The van der Waals surface area contributed by atoms with Crippen LogP contribution in [0.2, 0.25) is 0 Å². The van der Waals surface area contributed by atoms with Gasteiger partial charge in [0.1, 0.15) is 0 Å². The second-order valence-corrected chi connectivity index (χ2v) is 7.32. The van der Waals surface area contributed by atoms with Gasteiger partial charge in [-0.15, -0.1) is 0 Å². The molecule has 0 atom stereocenters. The lowest BCUT2D eigenvalue weighted by Gasteiger charge is -2.03. The molecule has 0 unspecified atom stereocenters. The molecule has 0 aromatic rings. The van der Waals surface area contributed by atoms with Gasteiger partial charge in [-0.25, -0.2) is 0 Å². The molecule has 144 valence electrons. The summed E-state index contributed by atoms with van der Waals surface area (Å²) in [7, 11) is 0. The highest BCUT2D eigenvalue weighted by Crippen LogP contribution is 2.13. The van der Waals surface area contributed by atoms with Gasteiger partial charge >= 0.3 is 0 Å². The van der Waals surface area contributed by atoms with Crippen LogP contribution in [-0.4, -0.2) is 19.3 Å². The third-order valence-corrected chi connectivity index (χ3v) is 4.81. The van der Waals surface area contributed by atoms with Crippen LogP contribution in [0.5, 0.6) is 0 Å². The Morgan fingerprint density at radius 1 is 0.583 bits per heavy atom. The first-order valence-electron chi connectivity index (χ1n) is 11.1. The number of rotatable bonds is 20. The van der Waals surface area contributed by atoms with Crippen molar-refractivity contribution in [3.8, 4) is 0 Å². The van der Waals surface area contributed by atoms with Gasteiger partial charge in [-0.2, -0.15) is 0 Å². The van der Waals surface area contributed by atoms with Crippen molar-refractivity contribution in [3.05, 3.63) is 0 Å². The Hall–Kier alpha value is -0.370. The molecule has 2 nitrogen and oxygen atoms in total. The molecule has 0 fully saturated rings. The average molecular weight is 339 g/mol. The molecule has 2 heteroatoms. The molecular formula is C22H46N2. The molecule has 0 heterocycles. The van der Waals surface area contributed by atoms with E-state index in [1.807, 2.05) is 0 Å². The van der Waals surface area contributed by atoms with Gasteiger partial charge < -0.3 is 5.73 Å². The molecule has 0 rings (SSSR count). The Balaban J connectivity index is 2.99.